The number of anilines is 1. The van der Waals surface area contributed by atoms with Crippen molar-refractivity contribution >= 4 is 21.6 Å². The van der Waals surface area contributed by atoms with Crippen LogP contribution in [-0.4, -0.2) is 34.6 Å². The summed E-state index contributed by atoms with van der Waals surface area (Å²) < 4.78 is 32.5. The molecule has 3 rings (SSSR count). The van der Waals surface area contributed by atoms with Crippen LogP contribution in [0.5, 0.6) is 0 Å². The van der Waals surface area contributed by atoms with Gasteiger partial charge in [0.2, 0.25) is 5.91 Å². The maximum Gasteiger partial charge on any atom is 0.261 e. The van der Waals surface area contributed by atoms with Gasteiger partial charge in [0.1, 0.15) is 0 Å². The molecular formula is C21H26N2O4S. The molecule has 0 heterocycles. The molecule has 1 fully saturated rings. The standard InChI is InChI=1S/C21H26N2O4S/c1-27-16-6-15-22-20(24)21(13-5-14-21)17-9-11-18(12-10-17)23-28(25,26)19-7-3-2-4-8-19/h2-4,7-12,23H,5-6,13-16H2,1H3,(H,22,24). The van der Waals surface area contributed by atoms with Gasteiger partial charge in [0.25, 0.3) is 10.0 Å². The Morgan fingerprint density at radius 2 is 1.75 bits per heavy atom. The molecule has 1 aliphatic carbocycles. The average Bonchev–Trinajstić information content (AvgIpc) is 2.66. The number of hydrogen-bond acceptors (Lipinski definition) is 4. The molecule has 0 saturated heterocycles. The van der Waals surface area contributed by atoms with Crippen LogP contribution < -0.4 is 10.0 Å². The van der Waals surface area contributed by atoms with E-state index < -0.39 is 15.4 Å². The summed E-state index contributed by atoms with van der Waals surface area (Å²) in [6, 6.07) is 15.4. The van der Waals surface area contributed by atoms with Gasteiger partial charge in [-0.3, -0.25) is 9.52 Å². The van der Waals surface area contributed by atoms with E-state index in [1.807, 2.05) is 12.1 Å². The van der Waals surface area contributed by atoms with Crippen LogP contribution in [-0.2, 0) is 25.0 Å². The van der Waals surface area contributed by atoms with Crippen molar-refractivity contribution in [3.8, 4) is 0 Å². The van der Waals surface area contributed by atoms with Gasteiger partial charge >= 0.3 is 0 Å². The minimum atomic E-state index is -3.63. The second kappa shape index (κ2) is 8.75. The third-order valence-electron chi connectivity index (χ3n) is 5.20. The molecule has 6 nitrogen and oxygen atoms in total. The molecular weight excluding hydrogens is 376 g/mol. The number of hydrogen-bond donors (Lipinski definition) is 2. The van der Waals surface area contributed by atoms with Gasteiger partial charge in [0.05, 0.1) is 10.3 Å². The van der Waals surface area contributed by atoms with Crippen molar-refractivity contribution in [1.82, 2.24) is 5.32 Å². The fourth-order valence-electron chi connectivity index (χ4n) is 3.44. The monoisotopic (exact) mass is 402 g/mol. The summed E-state index contributed by atoms with van der Waals surface area (Å²) in [4.78, 5) is 13.0. The van der Waals surface area contributed by atoms with E-state index in [1.165, 1.54) is 0 Å². The van der Waals surface area contributed by atoms with Crippen molar-refractivity contribution in [1.29, 1.82) is 0 Å². The van der Waals surface area contributed by atoms with Gasteiger partial charge in [-0.2, -0.15) is 0 Å². The second-order valence-corrected chi connectivity index (χ2v) is 8.72. The van der Waals surface area contributed by atoms with Crippen molar-refractivity contribution in [2.24, 2.45) is 0 Å². The number of ether oxygens (including phenoxy) is 1. The number of sulfonamides is 1. The summed E-state index contributed by atoms with van der Waals surface area (Å²) in [5, 5.41) is 3.00. The van der Waals surface area contributed by atoms with Crippen LogP contribution >= 0.6 is 0 Å². The first kappa shape index (κ1) is 20.4. The van der Waals surface area contributed by atoms with E-state index >= 15 is 0 Å². The van der Waals surface area contributed by atoms with Crippen LogP contribution in [0.4, 0.5) is 5.69 Å². The highest BCUT2D eigenvalue weighted by molar-refractivity contribution is 7.92. The molecule has 0 aliphatic heterocycles. The van der Waals surface area contributed by atoms with E-state index in [0.717, 1.165) is 31.2 Å². The molecule has 2 aromatic rings. The number of benzene rings is 2. The molecule has 1 amide bonds. The van der Waals surface area contributed by atoms with E-state index in [1.54, 1.807) is 49.6 Å². The number of amides is 1. The predicted molar refractivity (Wildman–Crippen MR) is 109 cm³/mol. The Labute approximate surface area is 166 Å². The van der Waals surface area contributed by atoms with Gasteiger partial charge in [0, 0.05) is 25.9 Å². The van der Waals surface area contributed by atoms with Gasteiger partial charge in [-0.15, -0.1) is 0 Å². The zero-order valence-corrected chi connectivity index (χ0v) is 16.8. The first-order valence-corrected chi connectivity index (χ1v) is 10.9. The van der Waals surface area contributed by atoms with Gasteiger partial charge < -0.3 is 10.1 Å². The fraction of sp³-hybridized carbons (Fsp3) is 0.381. The minimum absolute atomic E-state index is 0.0347. The Morgan fingerprint density at radius 3 is 2.32 bits per heavy atom. The van der Waals surface area contributed by atoms with Crippen LogP contribution in [0.1, 0.15) is 31.2 Å². The molecule has 0 unspecified atom stereocenters. The Balaban J connectivity index is 1.70. The summed E-state index contributed by atoms with van der Waals surface area (Å²) in [6.07, 6.45) is 3.39. The maximum atomic E-state index is 12.7. The van der Waals surface area contributed by atoms with Crippen molar-refractivity contribution in [3.05, 3.63) is 60.2 Å². The molecule has 0 atom stereocenters. The molecule has 1 saturated carbocycles. The molecule has 150 valence electrons. The van der Waals surface area contributed by atoms with E-state index in [4.69, 9.17) is 4.74 Å². The zero-order valence-electron chi connectivity index (χ0n) is 16.0. The van der Waals surface area contributed by atoms with E-state index in [9.17, 15) is 13.2 Å². The first-order chi connectivity index (χ1) is 13.5. The van der Waals surface area contributed by atoms with E-state index in [2.05, 4.69) is 10.0 Å². The highest BCUT2D eigenvalue weighted by Gasteiger charge is 2.45. The lowest BCUT2D eigenvalue weighted by atomic mass is 9.64. The topological polar surface area (TPSA) is 84.5 Å². The van der Waals surface area contributed by atoms with Crippen molar-refractivity contribution < 1.29 is 17.9 Å². The van der Waals surface area contributed by atoms with Crippen LogP contribution in [0, 0.1) is 0 Å². The maximum absolute atomic E-state index is 12.7. The molecule has 7 heteroatoms. The number of methoxy groups -OCH3 is 1. The molecule has 2 aromatic carbocycles. The average molecular weight is 403 g/mol. The Kier molecular flexibility index (Phi) is 6.36. The molecule has 0 bridgehead atoms. The van der Waals surface area contributed by atoms with E-state index in [-0.39, 0.29) is 10.8 Å². The minimum Gasteiger partial charge on any atom is -0.385 e. The summed E-state index contributed by atoms with van der Waals surface area (Å²) in [6.45, 7) is 1.20. The lowest BCUT2D eigenvalue weighted by molar-refractivity contribution is -0.129. The lowest BCUT2D eigenvalue weighted by Gasteiger charge is -2.40. The summed E-state index contributed by atoms with van der Waals surface area (Å²) >= 11 is 0. The number of carbonyl (C=O) groups excluding carboxylic acids is 1. The van der Waals surface area contributed by atoms with Gasteiger partial charge in [-0.25, -0.2) is 8.42 Å². The van der Waals surface area contributed by atoms with Crippen molar-refractivity contribution in [3.63, 3.8) is 0 Å². The highest BCUT2D eigenvalue weighted by Crippen LogP contribution is 2.44. The molecule has 0 spiro atoms. The van der Waals surface area contributed by atoms with E-state index in [0.29, 0.717) is 18.8 Å². The third-order valence-corrected chi connectivity index (χ3v) is 6.59. The second-order valence-electron chi connectivity index (χ2n) is 7.03. The van der Waals surface area contributed by atoms with Gasteiger partial charge in [0.15, 0.2) is 0 Å². The fourth-order valence-corrected chi connectivity index (χ4v) is 4.52. The quantitative estimate of drug-likeness (QED) is 0.632. The molecule has 2 N–H and O–H groups in total. The lowest BCUT2D eigenvalue weighted by Crippen LogP contribution is -2.49. The Morgan fingerprint density at radius 1 is 1.07 bits per heavy atom. The highest BCUT2D eigenvalue weighted by atomic mass is 32.2. The molecule has 28 heavy (non-hydrogen) atoms. The molecule has 0 radical (unpaired) electrons. The molecule has 1 aliphatic rings. The Hall–Kier alpha value is -2.38. The van der Waals surface area contributed by atoms with Gasteiger partial charge in [-0.05, 0) is 49.1 Å². The number of nitrogens with one attached hydrogen (secondary N) is 2. The van der Waals surface area contributed by atoms with Crippen LogP contribution in [0.2, 0.25) is 0 Å². The van der Waals surface area contributed by atoms with Gasteiger partial charge in [-0.1, -0.05) is 36.8 Å². The number of rotatable bonds is 9. The van der Waals surface area contributed by atoms with Crippen LogP contribution in [0.25, 0.3) is 0 Å². The predicted octanol–water partition coefficient (Wildman–Crippen LogP) is 3.06. The van der Waals surface area contributed by atoms with Crippen molar-refractivity contribution in [2.75, 3.05) is 25.0 Å². The first-order valence-electron chi connectivity index (χ1n) is 9.44. The zero-order chi connectivity index (χ0) is 20.0. The third kappa shape index (κ3) is 4.36. The summed E-state index contributed by atoms with van der Waals surface area (Å²) in [5.74, 6) is 0.0347. The smallest absolute Gasteiger partial charge is 0.261 e. The van der Waals surface area contributed by atoms with Crippen LogP contribution in [0.15, 0.2) is 59.5 Å². The molecule has 0 aromatic heterocycles. The number of carbonyl (C=O) groups is 1. The largest absolute Gasteiger partial charge is 0.385 e. The van der Waals surface area contributed by atoms with Crippen molar-refractivity contribution in [2.45, 2.75) is 36.0 Å². The SMILES string of the molecule is COCCCNC(=O)C1(c2ccc(NS(=O)(=O)c3ccccc3)cc2)CCC1. The Bertz CT molecular complexity index is 892. The normalized spacial score (nSPS) is 15.5. The summed E-state index contributed by atoms with van der Waals surface area (Å²) in [7, 11) is -1.99. The summed E-state index contributed by atoms with van der Waals surface area (Å²) in [5.41, 5.74) is 0.886. The van der Waals surface area contributed by atoms with Crippen LogP contribution in [0.3, 0.4) is 0 Å².